The Morgan fingerprint density at radius 3 is 2.34 bits per heavy atom. The normalized spacial score (nSPS) is 17.9. The van der Waals surface area contributed by atoms with Crippen LogP contribution in [0.15, 0.2) is 78.4 Å². The SMILES string of the molecule is O=C1C(=O)N(c2nc3ccccc3s2)C(c2ccc(O)cc2)/C1=C(\O)c1ccc(Cl)cc1. The highest BCUT2D eigenvalue weighted by molar-refractivity contribution is 7.22. The van der Waals surface area contributed by atoms with E-state index in [9.17, 15) is 19.8 Å². The van der Waals surface area contributed by atoms with E-state index in [1.807, 2.05) is 24.3 Å². The van der Waals surface area contributed by atoms with E-state index in [0.29, 0.717) is 26.8 Å². The van der Waals surface area contributed by atoms with Crippen molar-refractivity contribution in [1.29, 1.82) is 0 Å². The lowest BCUT2D eigenvalue weighted by atomic mass is 9.95. The monoisotopic (exact) mass is 462 g/mol. The molecule has 1 unspecified atom stereocenters. The number of halogens is 1. The average molecular weight is 463 g/mol. The van der Waals surface area contributed by atoms with Gasteiger partial charge in [0.25, 0.3) is 5.78 Å². The number of ketones is 1. The molecule has 2 N–H and O–H groups in total. The number of Topliss-reactive ketones (excluding diaryl/α,β-unsaturated/α-hetero) is 1. The van der Waals surface area contributed by atoms with Crippen molar-refractivity contribution in [2.24, 2.45) is 0 Å². The van der Waals surface area contributed by atoms with E-state index >= 15 is 0 Å². The molecule has 3 aromatic carbocycles. The standard InChI is InChI=1S/C24H15ClN2O4S/c25-15-9-5-14(6-10-15)21(29)19-20(13-7-11-16(28)12-8-13)27(23(31)22(19)30)24-26-17-3-1-2-4-18(17)32-24/h1-12,20,28-29H/b21-19+. The second-order valence-corrected chi connectivity index (χ2v) is 8.68. The van der Waals surface area contributed by atoms with Gasteiger partial charge in [0.2, 0.25) is 0 Å². The predicted octanol–water partition coefficient (Wildman–Crippen LogP) is 5.28. The van der Waals surface area contributed by atoms with E-state index in [0.717, 1.165) is 4.70 Å². The van der Waals surface area contributed by atoms with Gasteiger partial charge in [0.15, 0.2) is 5.13 Å². The smallest absolute Gasteiger partial charge is 0.301 e. The van der Waals surface area contributed by atoms with Gasteiger partial charge in [-0.05, 0) is 54.1 Å². The second kappa shape index (κ2) is 7.78. The van der Waals surface area contributed by atoms with Crippen LogP contribution >= 0.6 is 22.9 Å². The molecule has 0 aliphatic carbocycles. The van der Waals surface area contributed by atoms with Crippen LogP contribution < -0.4 is 4.90 Å². The fraction of sp³-hybridized carbons (Fsp3) is 0.0417. The van der Waals surface area contributed by atoms with Crippen LogP contribution in [0.25, 0.3) is 16.0 Å². The van der Waals surface area contributed by atoms with E-state index in [1.54, 1.807) is 36.4 Å². The molecule has 6 nitrogen and oxygen atoms in total. The lowest BCUT2D eigenvalue weighted by Crippen LogP contribution is -2.29. The van der Waals surface area contributed by atoms with Crippen LogP contribution in [0.2, 0.25) is 5.02 Å². The molecule has 4 aromatic rings. The number of benzene rings is 3. The number of anilines is 1. The van der Waals surface area contributed by atoms with Crippen molar-refractivity contribution < 1.29 is 19.8 Å². The Bertz CT molecular complexity index is 1360. The number of para-hydroxylation sites is 1. The number of phenols is 1. The number of rotatable bonds is 3. The number of amides is 1. The van der Waals surface area contributed by atoms with E-state index in [1.165, 1.54) is 28.4 Å². The van der Waals surface area contributed by atoms with Crippen LogP contribution in [-0.2, 0) is 9.59 Å². The third kappa shape index (κ3) is 3.32. The van der Waals surface area contributed by atoms with Gasteiger partial charge >= 0.3 is 5.91 Å². The largest absolute Gasteiger partial charge is 0.508 e. The number of fused-ring (bicyclic) bond motifs is 1. The molecule has 32 heavy (non-hydrogen) atoms. The van der Waals surface area contributed by atoms with Crippen molar-refractivity contribution >= 4 is 55.7 Å². The van der Waals surface area contributed by atoms with Gasteiger partial charge in [-0.15, -0.1) is 0 Å². The average Bonchev–Trinajstić information content (AvgIpc) is 3.33. The minimum absolute atomic E-state index is 0.0448. The van der Waals surface area contributed by atoms with Gasteiger partial charge in [0.05, 0.1) is 21.8 Å². The molecule has 0 saturated carbocycles. The first-order valence-electron chi connectivity index (χ1n) is 9.65. The van der Waals surface area contributed by atoms with E-state index in [2.05, 4.69) is 4.98 Å². The fourth-order valence-electron chi connectivity index (χ4n) is 3.73. The lowest BCUT2D eigenvalue weighted by molar-refractivity contribution is -0.132. The molecule has 1 atom stereocenters. The lowest BCUT2D eigenvalue weighted by Gasteiger charge is -2.23. The van der Waals surface area contributed by atoms with Crippen LogP contribution in [0, 0.1) is 0 Å². The van der Waals surface area contributed by atoms with Crippen molar-refractivity contribution in [2.45, 2.75) is 6.04 Å². The summed E-state index contributed by atoms with van der Waals surface area (Å²) in [5, 5.41) is 21.6. The van der Waals surface area contributed by atoms with Gasteiger partial charge in [-0.3, -0.25) is 14.5 Å². The Morgan fingerprint density at radius 2 is 1.66 bits per heavy atom. The van der Waals surface area contributed by atoms with Gasteiger partial charge in [-0.2, -0.15) is 0 Å². The molecule has 158 valence electrons. The zero-order chi connectivity index (χ0) is 22.4. The summed E-state index contributed by atoms with van der Waals surface area (Å²) in [5.41, 5.74) is 1.57. The van der Waals surface area contributed by atoms with Crippen molar-refractivity contribution in [3.8, 4) is 5.75 Å². The molecular formula is C24H15ClN2O4S. The number of hydrogen-bond acceptors (Lipinski definition) is 6. The number of aromatic nitrogens is 1. The number of nitrogens with zero attached hydrogens (tertiary/aromatic N) is 2. The molecule has 1 aliphatic rings. The molecule has 1 saturated heterocycles. The maximum absolute atomic E-state index is 13.2. The van der Waals surface area contributed by atoms with Crippen LogP contribution in [-0.4, -0.2) is 26.9 Å². The Kier molecular flexibility index (Phi) is 4.92. The molecule has 0 radical (unpaired) electrons. The van der Waals surface area contributed by atoms with Crippen LogP contribution in [0.5, 0.6) is 5.75 Å². The zero-order valence-corrected chi connectivity index (χ0v) is 18.0. The van der Waals surface area contributed by atoms with Crippen LogP contribution in [0.3, 0.4) is 0 Å². The third-order valence-corrected chi connectivity index (χ3v) is 6.55. The molecule has 1 amide bonds. The van der Waals surface area contributed by atoms with Crippen molar-refractivity contribution in [2.75, 3.05) is 4.90 Å². The Labute approximate surface area is 191 Å². The highest BCUT2D eigenvalue weighted by atomic mass is 35.5. The topological polar surface area (TPSA) is 90.7 Å². The summed E-state index contributed by atoms with van der Waals surface area (Å²) in [4.78, 5) is 32.1. The second-order valence-electron chi connectivity index (χ2n) is 7.23. The molecule has 2 heterocycles. The summed E-state index contributed by atoms with van der Waals surface area (Å²) in [6.07, 6.45) is 0. The van der Waals surface area contributed by atoms with Crippen molar-refractivity contribution in [1.82, 2.24) is 4.98 Å². The van der Waals surface area contributed by atoms with Gasteiger partial charge in [-0.1, -0.05) is 47.2 Å². The van der Waals surface area contributed by atoms with Gasteiger partial charge in [0, 0.05) is 10.6 Å². The van der Waals surface area contributed by atoms with Crippen molar-refractivity contribution in [3.63, 3.8) is 0 Å². The molecule has 8 heteroatoms. The number of hydrogen-bond donors (Lipinski definition) is 2. The summed E-state index contributed by atoms with van der Waals surface area (Å²) < 4.78 is 0.867. The van der Waals surface area contributed by atoms with Gasteiger partial charge in [-0.25, -0.2) is 4.98 Å². The Balaban J connectivity index is 1.73. The summed E-state index contributed by atoms with van der Waals surface area (Å²) in [6, 6.07) is 19.0. The fourth-order valence-corrected chi connectivity index (χ4v) is 4.85. The summed E-state index contributed by atoms with van der Waals surface area (Å²) in [5.74, 6) is -1.85. The molecule has 0 bridgehead atoms. The van der Waals surface area contributed by atoms with E-state index in [-0.39, 0.29) is 17.1 Å². The summed E-state index contributed by atoms with van der Waals surface area (Å²) in [6.45, 7) is 0. The maximum Gasteiger partial charge on any atom is 0.301 e. The van der Waals surface area contributed by atoms with Crippen LogP contribution in [0.1, 0.15) is 17.2 Å². The number of thiazole rings is 1. The first-order chi connectivity index (χ1) is 15.4. The first kappa shape index (κ1) is 20.2. The van der Waals surface area contributed by atoms with E-state index in [4.69, 9.17) is 11.6 Å². The van der Waals surface area contributed by atoms with Crippen molar-refractivity contribution in [3.05, 3.63) is 94.5 Å². The van der Waals surface area contributed by atoms with Gasteiger partial charge in [0.1, 0.15) is 11.5 Å². The molecule has 1 fully saturated rings. The number of aromatic hydroxyl groups is 1. The number of carbonyl (C=O) groups is 2. The maximum atomic E-state index is 13.2. The number of carbonyl (C=O) groups excluding carboxylic acids is 2. The first-order valence-corrected chi connectivity index (χ1v) is 10.8. The number of aliphatic hydroxyl groups is 1. The third-order valence-electron chi connectivity index (χ3n) is 5.26. The molecule has 1 aromatic heterocycles. The predicted molar refractivity (Wildman–Crippen MR) is 124 cm³/mol. The Hall–Kier alpha value is -3.68. The highest BCUT2D eigenvalue weighted by Gasteiger charge is 2.48. The van der Waals surface area contributed by atoms with E-state index < -0.39 is 17.7 Å². The zero-order valence-electron chi connectivity index (χ0n) is 16.4. The van der Waals surface area contributed by atoms with Crippen LogP contribution in [0.4, 0.5) is 5.13 Å². The molecule has 1 aliphatic heterocycles. The highest BCUT2D eigenvalue weighted by Crippen LogP contribution is 2.44. The molecule has 5 rings (SSSR count). The number of phenolic OH excluding ortho intramolecular Hbond substituents is 1. The summed E-state index contributed by atoms with van der Waals surface area (Å²) in [7, 11) is 0. The number of aliphatic hydroxyl groups excluding tert-OH is 1. The quantitative estimate of drug-likeness (QED) is 0.245. The summed E-state index contributed by atoms with van der Waals surface area (Å²) >= 11 is 7.24. The van der Waals surface area contributed by atoms with Gasteiger partial charge < -0.3 is 10.2 Å². The minimum atomic E-state index is -0.910. The minimum Gasteiger partial charge on any atom is -0.508 e. The Morgan fingerprint density at radius 1 is 0.969 bits per heavy atom. The molecular weight excluding hydrogens is 448 g/mol. The molecule has 0 spiro atoms.